The zero-order chi connectivity index (χ0) is 15.0. The zero-order valence-electron chi connectivity index (χ0n) is 12.6. The Morgan fingerprint density at radius 2 is 1.50 bits per heavy atom. The number of benzene rings is 2. The first kappa shape index (κ1) is 14.3. The Morgan fingerprint density at radius 3 is 2.32 bits per heavy atom. The van der Waals surface area contributed by atoms with Crippen LogP contribution >= 0.6 is 0 Å². The summed E-state index contributed by atoms with van der Waals surface area (Å²) in [7, 11) is 0. The molecule has 22 heavy (non-hydrogen) atoms. The average molecular weight is 288 g/mol. The maximum Gasteiger partial charge on any atom is 0.130 e. The molecule has 0 amide bonds. The molecule has 2 nitrogen and oxygen atoms in total. The van der Waals surface area contributed by atoms with Crippen LogP contribution in [0.25, 0.3) is 0 Å². The summed E-state index contributed by atoms with van der Waals surface area (Å²) in [5, 5.41) is 3.34. The molecule has 1 heterocycles. The van der Waals surface area contributed by atoms with Crippen LogP contribution in [0.3, 0.4) is 0 Å². The predicted octanol–water partition coefficient (Wildman–Crippen LogP) is 5.00. The molecule has 2 aromatic carbocycles. The Bertz CT molecular complexity index is 693. The number of hydrogen-bond donors (Lipinski definition) is 1. The molecule has 0 atom stereocenters. The molecule has 3 aromatic rings. The van der Waals surface area contributed by atoms with Crippen molar-refractivity contribution in [1.29, 1.82) is 0 Å². The first-order valence-corrected chi connectivity index (χ1v) is 7.71. The van der Waals surface area contributed by atoms with E-state index in [9.17, 15) is 0 Å². The van der Waals surface area contributed by atoms with E-state index < -0.39 is 0 Å². The number of rotatable bonds is 6. The third-order valence-corrected chi connectivity index (χ3v) is 3.64. The highest BCUT2D eigenvalue weighted by atomic mass is 15.0. The maximum absolute atomic E-state index is 4.29. The number of nitrogens with zero attached hydrogens (tertiary/aromatic N) is 1. The van der Waals surface area contributed by atoms with Crippen LogP contribution in [0.1, 0.15) is 17.5 Å². The summed E-state index contributed by atoms with van der Waals surface area (Å²) in [5.74, 6) is 0.879. The van der Waals surface area contributed by atoms with Crippen LogP contribution in [0.15, 0.2) is 79.0 Å². The second-order valence-electron chi connectivity index (χ2n) is 5.38. The van der Waals surface area contributed by atoms with E-state index >= 15 is 0 Å². The van der Waals surface area contributed by atoms with Crippen molar-refractivity contribution in [3.8, 4) is 0 Å². The van der Waals surface area contributed by atoms with Crippen LogP contribution in [-0.4, -0.2) is 4.98 Å². The number of pyridine rings is 1. The summed E-state index contributed by atoms with van der Waals surface area (Å²) < 4.78 is 0. The van der Waals surface area contributed by atoms with E-state index in [0.717, 1.165) is 30.8 Å². The van der Waals surface area contributed by atoms with Crippen LogP contribution < -0.4 is 5.32 Å². The number of nitrogens with one attached hydrogen (secondary N) is 1. The van der Waals surface area contributed by atoms with Gasteiger partial charge in [0.25, 0.3) is 0 Å². The van der Waals surface area contributed by atoms with Crippen molar-refractivity contribution in [2.24, 2.45) is 0 Å². The van der Waals surface area contributed by atoms with Gasteiger partial charge in [0.2, 0.25) is 0 Å². The molecule has 3 rings (SSSR count). The quantitative estimate of drug-likeness (QED) is 0.690. The summed E-state index contributed by atoms with van der Waals surface area (Å²) in [5.41, 5.74) is 3.86. The van der Waals surface area contributed by atoms with E-state index in [4.69, 9.17) is 0 Å². The molecule has 0 unspecified atom stereocenters. The van der Waals surface area contributed by atoms with Gasteiger partial charge in [0.15, 0.2) is 0 Å². The highest BCUT2D eigenvalue weighted by Crippen LogP contribution is 2.17. The van der Waals surface area contributed by atoms with Crippen molar-refractivity contribution in [1.82, 2.24) is 4.98 Å². The second kappa shape index (κ2) is 7.41. The molecule has 1 aromatic heterocycles. The van der Waals surface area contributed by atoms with E-state index in [1.54, 1.807) is 6.20 Å². The minimum Gasteiger partial charge on any atom is -0.340 e. The lowest BCUT2D eigenvalue weighted by molar-refractivity contribution is 0.821. The highest BCUT2D eigenvalue weighted by Gasteiger charge is 1.99. The summed E-state index contributed by atoms with van der Waals surface area (Å²) in [4.78, 5) is 4.29. The summed E-state index contributed by atoms with van der Waals surface area (Å²) in [6.45, 7) is 0. The average Bonchev–Trinajstić information content (AvgIpc) is 2.57. The van der Waals surface area contributed by atoms with Crippen molar-refractivity contribution in [3.63, 3.8) is 0 Å². The topological polar surface area (TPSA) is 24.9 Å². The smallest absolute Gasteiger partial charge is 0.130 e. The molecule has 0 aliphatic rings. The van der Waals surface area contributed by atoms with Gasteiger partial charge in [-0.15, -0.1) is 0 Å². The third kappa shape index (κ3) is 4.19. The van der Waals surface area contributed by atoms with Gasteiger partial charge in [0, 0.05) is 11.9 Å². The van der Waals surface area contributed by atoms with Gasteiger partial charge in [-0.3, -0.25) is 0 Å². The van der Waals surface area contributed by atoms with Crippen molar-refractivity contribution in [2.75, 3.05) is 5.32 Å². The van der Waals surface area contributed by atoms with Crippen molar-refractivity contribution in [2.45, 2.75) is 19.3 Å². The molecule has 0 bridgehead atoms. The van der Waals surface area contributed by atoms with Gasteiger partial charge in [0.1, 0.15) is 5.82 Å². The lowest BCUT2D eigenvalue weighted by atomic mass is 10.0. The molecule has 0 fully saturated rings. The molecule has 0 aliphatic heterocycles. The lowest BCUT2D eigenvalue weighted by Crippen LogP contribution is -1.95. The predicted molar refractivity (Wildman–Crippen MR) is 92.4 cm³/mol. The van der Waals surface area contributed by atoms with E-state index in [2.05, 4.69) is 64.9 Å². The monoisotopic (exact) mass is 288 g/mol. The molecular formula is C20H20N2. The van der Waals surface area contributed by atoms with Crippen LogP contribution in [0.2, 0.25) is 0 Å². The molecule has 0 aliphatic carbocycles. The maximum atomic E-state index is 4.29. The molecule has 0 saturated carbocycles. The normalized spacial score (nSPS) is 10.4. The molecule has 2 heteroatoms. The summed E-state index contributed by atoms with van der Waals surface area (Å²) >= 11 is 0. The largest absolute Gasteiger partial charge is 0.340 e. The number of hydrogen-bond acceptors (Lipinski definition) is 2. The lowest BCUT2D eigenvalue weighted by Gasteiger charge is -2.08. The van der Waals surface area contributed by atoms with Gasteiger partial charge in [-0.25, -0.2) is 4.98 Å². The Labute approximate surface area is 131 Å². The molecule has 0 radical (unpaired) electrons. The Morgan fingerprint density at radius 1 is 0.727 bits per heavy atom. The standard InChI is InChI=1S/C20H20N2/c1-2-8-17(9-3-1)10-6-11-18-12-7-13-19(16-18)22-20-14-4-5-15-21-20/h1-5,7-9,12-16H,6,10-11H2,(H,21,22). The van der Waals surface area contributed by atoms with Crippen molar-refractivity contribution >= 4 is 11.5 Å². The van der Waals surface area contributed by atoms with Gasteiger partial charge in [-0.1, -0.05) is 48.5 Å². The van der Waals surface area contributed by atoms with Gasteiger partial charge in [-0.2, -0.15) is 0 Å². The number of aryl methyl sites for hydroxylation is 2. The SMILES string of the molecule is c1ccc(CCCc2cccc(Nc3ccccn3)c2)cc1. The van der Waals surface area contributed by atoms with Gasteiger partial charge < -0.3 is 5.32 Å². The minimum absolute atomic E-state index is 0.879. The Balaban J connectivity index is 1.57. The fraction of sp³-hybridized carbons (Fsp3) is 0.150. The summed E-state index contributed by atoms with van der Waals surface area (Å²) in [6, 6.07) is 25.1. The van der Waals surface area contributed by atoms with E-state index in [-0.39, 0.29) is 0 Å². The van der Waals surface area contributed by atoms with Crippen molar-refractivity contribution in [3.05, 3.63) is 90.1 Å². The number of aromatic nitrogens is 1. The number of anilines is 2. The molecule has 0 saturated heterocycles. The Kier molecular flexibility index (Phi) is 4.83. The summed E-state index contributed by atoms with van der Waals surface area (Å²) in [6.07, 6.45) is 5.18. The molecular weight excluding hydrogens is 268 g/mol. The van der Waals surface area contributed by atoms with Crippen LogP contribution in [-0.2, 0) is 12.8 Å². The highest BCUT2D eigenvalue weighted by molar-refractivity contribution is 5.56. The van der Waals surface area contributed by atoms with E-state index in [1.807, 2.05) is 18.2 Å². The molecule has 0 spiro atoms. The van der Waals surface area contributed by atoms with Gasteiger partial charge in [0.05, 0.1) is 0 Å². The molecule has 110 valence electrons. The first-order valence-electron chi connectivity index (χ1n) is 7.71. The van der Waals surface area contributed by atoms with Crippen LogP contribution in [0.4, 0.5) is 11.5 Å². The van der Waals surface area contributed by atoms with Crippen LogP contribution in [0, 0.1) is 0 Å². The zero-order valence-corrected chi connectivity index (χ0v) is 12.6. The fourth-order valence-corrected chi connectivity index (χ4v) is 2.53. The second-order valence-corrected chi connectivity index (χ2v) is 5.38. The van der Waals surface area contributed by atoms with E-state index in [0.29, 0.717) is 0 Å². The molecule has 1 N–H and O–H groups in total. The van der Waals surface area contributed by atoms with E-state index in [1.165, 1.54) is 11.1 Å². The fourth-order valence-electron chi connectivity index (χ4n) is 2.53. The van der Waals surface area contributed by atoms with Gasteiger partial charge >= 0.3 is 0 Å². The van der Waals surface area contributed by atoms with Gasteiger partial charge in [-0.05, 0) is 54.7 Å². The van der Waals surface area contributed by atoms with Crippen LogP contribution in [0.5, 0.6) is 0 Å². The first-order chi connectivity index (χ1) is 10.9. The minimum atomic E-state index is 0.879. The third-order valence-electron chi connectivity index (χ3n) is 3.64. The Hall–Kier alpha value is -2.61. The van der Waals surface area contributed by atoms with Crippen molar-refractivity contribution < 1.29 is 0 Å².